The van der Waals surface area contributed by atoms with E-state index >= 15 is 0 Å². The zero-order valence-corrected chi connectivity index (χ0v) is 11.3. The lowest BCUT2D eigenvalue weighted by atomic mass is 10.2. The Balaban J connectivity index is 1.64. The van der Waals surface area contributed by atoms with Gasteiger partial charge < -0.3 is 9.47 Å². The molecule has 104 valence electrons. The van der Waals surface area contributed by atoms with Crippen LogP contribution < -0.4 is 0 Å². The third-order valence-electron chi connectivity index (χ3n) is 3.09. The van der Waals surface area contributed by atoms with Crippen LogP contribution in [0, 0.1) is 6.92 Å². The number of ether oxygens (including phenoxy) is 2. The zero-order chi connectivity index (χ0) is 13.5. The maximum absolute atomic E-state index is 11.8. The van der Waals surface area contributed by atoms with Crippen LogP contribution in [0.4, 0.5) is 0 Å². The van der Waals surface area contributed by atoms with Crippen LogP contribution in [0.25, 0.3) is 0 Å². The number of carbonyl (C=O) groups excluding carboxylic acids is 1. The molecular formula is C14H20N2O3. The lowest BCUT2D eigenvalue weighted by molar-refractivity contribution is 0.0207. The lowest BCUT2D eigenvalue weighted by Gasteiger charge is -2.26. The summed E-state index contributed by atoms with van der Waals surface area (Å²) in [5.74, 6) is -0.0676. The molecule has 0 unspecified atom stereocenters. The molecule has 5 heteroatoms. The van der Waals surface area contributed by atoms with Gasteiger partial charge in [-0.25, -0.2) is 0 Å². The van der Waals surface area contributed by atoms with E-state index in [2.05, 4.69) is 9.88 Å². The van der Waals surface area contributed by atoms with E-state index in [9.17, 15) is 4.79 Å². The minimum Gasteiger partial charge on any atom is -0.379 e. The maximum atomic E-state index is 11.8. The van der Waals surface area contributed by atoms with Gasteiger partial charge in [-0.05, 0) is 18.6 Å². The van der Waals surface area contributed by atoms with Gasteiger partial charge in [-0.15, -0.1) is 0 Å². The summed E-state index contributed by atoms with van der Waals surface area (Å²) < 4.78 is 10.7. The topological polar surface area (TPSA) is 51.7 Å². The third-order valence-corrected chi connectivity index (χ3v) is 3.09. The molecule has 0 spiro atoms. The normalized spacial score (nSPS) is 16.5. The molecule has 0 aliphatic carbocycles. The van der Waals surface area contributed by atoms with E-state index in [1.165, 1.54) is 0 Å². The molecule has 0 bridgehead atoms. The molecule has 1 aromatic rings. The van der Waals surface area contributed by atoms with Crippen molar-refractivity contribution in [2.45, 2.75) is 6.92 Å². The van der Waals surface area contributed by atoms with Crippen LogP contribution in [-0.4, -0.2) is 61.7 Å². The summed E-state index contributed by atoms with van der Waals surface area (Å²) in [4.78, 5) is 18.2. The Labute approximate surface area is 113 Å². The van der Waals surface area contributed by atoms with E-state index < -0.39 is 0 Å². The standard InChI is InChI=1S/C14H20N2O3/c1-12-2-3-13(15-10-12)14(17)11-19-9-6-16-4-7-18-8-5-16/h2-3,10H,4-9,11H2,1H3. The number of morpholine rings is 1. The van der Waals surface area contributed by atoms with Crippen molar-refractivity contribution in [3.8, 4) is 0 Å². The summed E-state index contributed by atoms with van der Waals surface area (Å²) in [6, 6.07) is 3.62. The average molecular weight is 264 g/mol. The Morgan fingerprint density at radius 3 is 2.89 bits per heavy atom. The largest absolute Gasteiger partial charge is 0.379 e. The van der Waals surface area contributed by atoms with Gasteiger partial charge >= 0.3 is 0 Å². The monoisotopic (exact) mass is 264 g/mol. The van der Waals surface area contributed by atoms with Crippen LogP contribution >= 0.6 is 0 Å². The molecule has 2 rings (SSSR count). The van der Waals surface area contributed by atoms with Crippen molar-refractivity contribution in [3.63, 3.8) is 0 Å². The molecule has 0 aromatic carbocycles. The van der Waals surface area contributed by atoms with Crippen molar-refractivity contribution < 1.29 is 14.3 Å². The number of hydrogen-bond acceptors (Lipinski definition) is 5. The maximum Gasteiger partial charge on any atom is 0.206 e. The first-order valence-electron chi connectivity index (χ1n) is 6.59. The van der Waals surface area contributed by atoms with Gasteiger partial charge in [0.05, 0.1) is 19.8 Å². The molecule has 19 heavy (non-hydrogen) atoms. The Hall–Kier alpha value is -1.30. The quantitative estimate of drug-likeness (QED) is 0.565. The SMILES string of the molecule is Cc1ccc(C(=O)COCCN2CCOCC2)nc1. The Bertz CT molecular complexity index is 400. The Kier molecular flexibility index (Phi) is 5.44. The van der Waals surface area contributed by atoms with Crippen molar-refractivity contribution >= 4 is 5.78 Å². The first-order chi connectivity index (χ1) is 9.25. The first kappa shape index (κ1) is 14.1. The number of rotatable bonds is 6. The van der Waals surface area contributed by atoms with Gasteiger partial charge in [-0.1, -0.05) is 6.07 Å². The second-order valence-electron chi connectivity index (χ2n) is 4.65. The molecule has 0 atom stereocenters. The lowest BCUT2D eigenvalue weighted by Crippen LogP contribution is -2.38. The minimum atomic E-state index is -0.0676. The summed E-state index contributed by atoms with van der Waals surface area (Å²) >= 11 is 0. The molecule has 1 saturated heterocycles. The highest BCUT2D eigenvalue weighted by molar-refractivity contribution is 5.95. The predicted molar refractivity (Wildman–Crippen MR) is 71.4 cm³/mol. The number of carbonyl (C=O) groups is 1. The van der Waals surface area contributed by atoms with Gasteiger partial charge in [0, 0.05) is 25.8 Å². The van der Waals surface area contributed by atoms with Crippen LogP contribution in [0.5, 0.6) is 0 Å². The second kappa shape index (κ2) is 7.33. The smallest absolute Gasteiger partial charge is 0.206 e. The molecule has 1 aliphatic heterocycles. The number of hydrogen-bond donors (Lipinski definition) is 0. The molecule has 0 amide bonds. The second-order valence-corrected chi connectivity index (χ2v) is 4.65. The molecule has 1 fully saturated rings. The average Bonchev–Trinajstić information content (AvgIpc) is 2.45. The van der Waals surface area contributed by atoms with Gasteiger partial charge in [-0.2, -0.15) is 0 Å². The fourth-order valence-corrected chi connectivity index (χ4v) is 1.89. The number of Topliss-reactive ketones (excluding diaryl/α,β-unsaturated/α-hetero) is 1. The summed E-state index contributed by atoms with van der Waals surface area (Å²) in [7, 11) is 0. The minimum absolute atomic E-state index is 0.0676. The highest BCUT2D eigenvalue weighted by Gasteiger charge is 2.11. The molecule has 5 nitrogen and oxygen atoms in total. The van der Waals surface area contributed by atoms with E-state index in [0.29, 0.717) is 12.3 Å². The fourth-order valence-electron chi connectivity index (χ4n) is 1.89. The van der Waals surface area contributed by atoms with Crippen molar-refractivity contribution in [2.75, 3.05) is 46.1 Å². The number of aromatic nitrogens is 1. The molecule has 1 aromatic heterocycles. The molecule has 0 saturated carbocycles. The summed E-state index contributed by atoms with van der Waals surface area (Å²) in [5.41, 5.74) is 1.52. The van der Waals surface area contributed by atoms with Crippen molar-refractivity contribution in [1.29, 1.82) is 0 Å². The molecular weight excluding hydrogens is 244 g/mol. The van der Waals surface area contributed by atoms with Gasteiger partial charge in [0.15, 0.2) is 0 Å². The van der Waals surface area contributed by atoms with E-state index in [-0.39, 0.29) is 12.4 Å². The van der Waals surface area contributed by atoms with E-state index in [1.807, 2.05) is 13.0 Å². The molecule has 2 heterocycles. The molecule has 0 radical (unpaired) electrons. The number of aryl methyl sites for hydroxylation is 1. The number of pyridine rings is 1. The zero-order valence-electron chi connectivity index (χ0n) is 11.3. The number of ketones is 1. The molecule has 1 aliphatic rings. The van der Waals surface area contributed by atoms with E-state index in [0.717, 1.165) is 38.4 Å². The van der Waals surface area contributed by atoms with Crippen LogP contribution in [0.3, 0.4) is 0 Å². The van der Waals surface area contributed by atoms with Crippen LogP contribution in [-0.2, 0) is 9.47 Å². The highest BCUT2D eigenvalue weighted by atomic mass is 16.5. The predicted octanol–water partition coefficient (Wildman–Crippen LogP) is 0.922. The van der Waals surface area contributed by atoms with Crippen LogP contribution in [0.15, 0.2) is 18.3 Å². The van der Waals surface area contributed by atoms with E-state index in [1.54, 1.807) is 12.3 Å². The highest BCUT2D eigenvalue weighted by Crippen LogP contribution is 2.00. The summed E-state index contributed by atoms with van der Waals surface area (Å²) in [6.45, 7) is 6.90. The number of nitrogens with zero attached hydrogens (tertiary/aromatic N) is 2. The van der Waals surface area contributed by atoms with Crippen molar-refractivity contribution in [2.24, 2.45) is 0 Å². The van der Waals surface area contributed by atoms with Gasteiger partial charge in [0.2, 0.25) is 5.78 Å². The Morgan fingerprint density at radius 1 is 1.42 bits per heavy atom. The van der Waals surface area contributed by atoms with E-state index in [4.69, 9.17) is 9.47 Å². The van der Waals surface area contributed by atoms with Crippen LogP contribution in [0.1, 0.15) is 16.1 Å². The Morgan fingerprint density at radius 2 is 2.21 bits per heavy atom. The van der Waals surface area contributed by atoms with Gasteiger partial charge in [0.25, 0.3) is 0 Å². The van der Waals surface area contributed by atoms with Gasteiger partial charge in [0.1, 0.15) is 12.3 Å². The molecule has 0 N–H and O–H groups in total. The van der Waals surface area contributed by atoms with Gasteiger partial charge in [-0.3, -0.25) is 14.7 Å². The van der Waals surface area contributed by atoms with Crippen molar-refractivity contribution in [3.05, 3.63) is 29.6 Å². The van der Waals surface area contributed by atoms with Crippen LogP contribution in [0.2, 0.25) is 0 Å². The summed E-state index contributed by atoms with van der Waals surface area (Å²) in [6.07, 6.45) is 1.70. The van der Waals surface area contributed by atoms with Crippen molar-refractivity contribution in [1.82, 2.24) is 9.88 Å². The first-order valence-corrected chi connectivity index (χ1v) is 6.59. The fraction of sp³-hybridized carbons (Fsp3) is 0.571. The third kappa shape index (κ3) is 4.70. The summed E-state index contributed by atoms with van der Waals surface area (Å²) in [5, 5.41) is 0.